The number of carbonyl (C=O) groups is 1. The zero-order valence-corrected chi connectivity index (χ0v) is 16.1. The molecule has 2 aromatic rings. The molecule has 3 rings (SSSR count). The van der Waals surface area contributed by atoms with Gasteiger partial charge in [-0.05, 0) is 46.6 Å². The van der Waals surface area contributed by atoms with Gasteiger partial charge in [0.1, 0.15) is 11.8 Å². The Labute approximate surface area is 160 Å². The predicted molar refractivity (Wildman–Crippen MR) is 104 cm³/mol. The topological polar surface area (TPSA) is 77.2 Å². The third-order valence-electron chi connectivity index (χ3n) is 5.30. The van der Waals surface area contributed by atoms with Gasteiger partial charge in [0.2, 0.25) is 0 Å². The van der Waals surface area contributed by atoms with Crippen molar-refractivity contribution in [2.75, 3.05) is 13.1 Å². The number of nitrogens with zero attached hydrogens (tertiary/aromatic N) is 3. The quantitative estimate of drug-likeness (QED) is 0.867. The van der Waals surface area contributed by atoms with Crippen molar-refractivity contribution in [2.45, 2.75) is 39.5 Å². The number of pyridine rings is 1. The normalized spacial score (nSPS) is 17.0. The molecule has 1 aliphatic rings. The highest BCUT2D eigenvalue weighted by Gasteiger charge is 2.33. The molecule has 2 heterocycles. The van der Waals surface area contributed by atoms with Crippen LogP contribution in [-0.4, -0.2) is 34.2 Å². The number of hydrogen-bond donors (Lipinski definition) is 1. The summed E-state index contributed by atoms with van der Waals surface area (Å²) in [5.41, 5.74) is 5.12. The molecule has 1 aromatic carbocycles. The third kappa shape index (κ3) is 4.28. The second kappa shape index (κ2) is 7.40. The number of carboxylic acid groups (broad SMARTS) is 1. The minimum absolute atomic E-state index is 0.0225. The molecule has 0 spiro atoms. The van der Waals surface area contributed by atoms with Crippen LogP contribution in [0.5, 0.6) is 0 Å². The fourth-order valence-electron chi connectivity index (χ4n) is 3.74. The van der Waals surface area contributed by atoms with Gasteiger partial charge in [-0.15, -0.1) is 0 Å². The lowest BCUT2D eigenvalue weighted by Gasteiger charge is -2.33. The van der Waals surface area contributed by atoms with Gasteiger partial charge in [0, 0.05) is 25.2 Å². The Morgan fingerprint density at radius 3 is 2.63 bits per heavy atom. The first-order valence-corrected chi connectivity index (χ1v) is 9.22. The van der Waals surface area contributed by atoms with Gasteiger partial charge >= 0.3 is 6.09 Å². The van der Waals surface area contributed by atoms with E-state index in [0.29, 0.717) is 18.8 Å². The molecule has 0 aliphatic carbocycles. The molecule has 1 unspecified atom stereocenters. The van der Waals surface area contributed by atoms with Crippen LogP contribution in [0, 0.1) is 16.7 Å². The molecule has 5 heteroatoms. The minimum atomic E-state index is -0.846. The van der Waals surface area contributed by atoms with Crippen molar-refractivity contribution in [3.8, 4) is 6.07 Å². The van der Waals surface area contributed by atoms with Crippen molar-refractivity contribution in [3.05, 3.63) is 64.5 Å². The van der Waals surface area contributed by atoms with E-state index in [9.17, 15) is 9.90 Å². The Morgan fingerprint density at radius 2 is 2.04 bits per heavy atom. The number of aromatic nitrogens is 1. The van der Waals surface area contributed by atoms with Gasteiger partial charge in [-0.1, -0.05) is 45.0 Å². The maximum absolute atomic E-state index is 11.6. The van der Waals surface area contributed by atoms with Crippen LogP contribution in [0.3, 0.4) is 0 Å². The highest BCUT2D eigenvalue weighted by Crippen LogP contribution is 2.39. The predicted octanol–water partition coefficient (Wildman–Crippen LogP) is 4.21. The van der Waals surface area contributed by atoms with Crippen LogP contribution in [0.1, 0.15) is 54.6 Å². The second-order valence-corrected chi connectivity index (χ2v) is 8.27. The largest absolute Gasteiger partial charge is 0.465 e. The zero-order valence-electron chi connectivity index (χ0n) is 16.1. The molecule has 1 amide bonds. The lowest BCUT2D eigenvalue weighted by Crippen LogP contribution is -2.36. The molecule has 0 radical (unpaired) electrons. The first-order valence-electron chi connectivity index (χ1n) is 9.22. The lowest BCUT2D eigenvalue weighted by atomic mass is 9.75. The number of fused-ring (bicyclic) bond motifs is 1. The van der Waals surface area contributed by atoms with E-state index in [2.05, 4.69) is 44.0 Å². The summed E-state index contributed by atoms with van der Waals surface area (Å²) in [7, 11) is 0. The monoisotopic (exact) mass is 363 g/mol. The molecular formula is C22H25N3O2. The number of benzene rings is 1. The van der Waals surface area contributed by atoms with E-state index in [-0.39, 0.29) is 11.3 Å². The minimum Gasteiger partial charge on any atom is -0.465 e. The van der Waals surface area contributed by atoms with Gasteiger partial charge in [-0.25, -0.2) is 9.78 Å². The fourth-order valence-corrected chi connectivity index (χ4v) is 3.74. The number of rotatable bonds is 2. The maximum Gasteiger partial charge on any atom is 0.407 e. The molecule has 140 valence electrons. The second-order valence-electron chi connectivity index (χ2n) is 8.27. The molecule has 0 saturated heterocycles. The molecule has 0 bridgehead atoms. The van der Waals surface area contributed by atoms with Crippen molar-refractivity contribution in [3.63, 3.8) is 0 Å². The van der Waals surface area contributed by atoms with E-state index in [0.717, 1.165) is 18.4 Å². The summed E-state index contributed by atoms with van der Waals surface area (Å²) < 4.78 is 0. The van der Waals surface area contributed by atoms with E-state index < -0.39 is 6.09 Å². The molecule has 0 fully saturated rings. The van der Waals surface area contributed by atoms with Crippen LogP contribution in [0.2, 0.25) is 0 Å². The summed E-state index contributed by atoms with van der Waals surface area (Å²) in [6.45, 7) is 7.57. The molecule has 1 atom stereocenters. The number of nitriles is 1. The molecular weight excluding hydrogens is 338 g/mol. The van der Waals surface area contributed by atoms with Crippen LogP contribution in [0.15, 0.2) is 36.5 Å². The highest BCUT2D eigenvalue weighted by molar-refractivity contribution is 5.65. The average Bonchev–Trinajstić information content (AvgIpc) is 2.82. The molecule has 0 saturated carbocycles. The van der Waals surface area contributed by atoms with Gasteiger partial charge < -0.3 is 10.0 Å². The fraction of sp³-hybridized carbons (Fsp3) is 0.409. The summed E-state index contributed by atoms with van der Waals surface area (Å²) in [5.74, 6) is 0.164. The Kier molecular flexibility index (Phi) is 5.18. The van der Waals surface area contributed by atoms with E-state index in [4.69, 9.17) is 5.26 Å². The van der Waals surface area contributed by atoms with Crippen LogP contribution >= 0.6 is 0 Å². The van der Waals surface area contributed by atoms with Crippen LogP contribution < -0.4 is 0 Å². The Morgan fingerprint density at radius 1 is 1.30 bits per heavy atom. The van der Waals surface area contributed by atoms with Crippen molar-refractivity contribution in [2.24, 2.45) is 5.41 Å². The van der Waals surface area contributed by atoms with Gasteiger partial charge in [-0.2, -0.15) is 5.26 Å². The average molecular weight is 363 g/mol. The molecule has 1 aromatic heterocycles. The Hall–Kier alpha value is -2.87. The summed E-state index contributed by atoms with van der Waals surface area (Å²) >= 11 is 0. The van der Waals surface area contributed by atoms with Crippen LogP contribution in [-0.2, 0) is 12.8 Å². The van der Waals surface area contributed by atoms with Gasteiger partial charge in [-0.3, -0.25) is 0 Å². The Balaban J connectivity index is 1.91. The molecule has 1 N–H and O–H groups in total. The summed E-state index contributed by atoms with van der Waals surface area (Å²) in [5, 5.41) is 18.4. The van der Waals surface area contributed by atoms with Crippen LogP contribution in [0.4, 0.5) is 4.79 Å². The first kappa shape index (κ1) is 18.9. The first-order chi connectivity index (χ1) is 12.8. The maximum atomic E-state index is 11.6. The molecule has 27 heavy (non-hydrogen) atoms. The third-order valence-corrected chi connectivity index (χ3v) is 5.30. The highest BCUT2D eigenvalue weighted by atomic mass is 16.4. The van der Waals surface area contributed by atoms with Crippen LogP contribution in [0.25, 0.3) is 0 Å². The van der Waals surface area contributed by atoms with E-state index in [1.54, 1.807) is 17.2 Å². The van der Waals surface area contributed by atoms with Crippen molar-refractivity contribution in [1.82, 2.24) is 9.88 Å². The summed E-state index contributed by atoms with van der Waals surface area (Å²) in [6.07, 6.45) is 2.37. The van der Waals surface area contributed by atoms with E-state index >= 15 is 0 Å². The Bertz CT molecular complexity index is 876. The summed E-state index contributed by atoms with van der Waals surface area (Å²) in [4.78, 5) is 17.3. The van der Waals surface area contributed by atoms with Crippen molar-refractivity contribution in [1.29, 1.82) is 5.26 Å². The van der Waals surface area contributed by atoms with Crippen molar-refractivity contribution >= 4 is 6.09 Å². The van der Waals surface area contributed by atoms with E-state index in [1.165, 1.54) is 16.7 Å². The molecule has 5 nitrogen and oxygen atoms in total. The summed E-state index contributed by atoms with van der Waals surface area (Å²) in [6, 6.07) is 12.2. The van der Waals surface area contributed by atoms with E-state index in [1.807, 2.05) is 12.1 Å². The smallest absolute Gasteiger partial charge is 0.407 e. The van der Waals surface area contributed by atoms with Crippen molar-refractivity contribution < 1.29 is 9.90 Å². The molecule has 1 aliphatic heterocycles. The zero-order chi connectivity index (χ0) is 19.6. The number of amides is 1. The van der Waals surface area contributed by atoms with Gasteiger partial charge in [0.15, 0.2) is 0 Å². The number of hydrogen-bond acceptors (Lipinski definition) is 3. The van der Waals surface area contributed by atoms with Gasteiger partial charge in [0.25, 0.3) is 0 Å². The van der Waals surface area contributed by atoms with Gasteiger partial charge in [0.05, 0.1) is 0 Å². The standard InChI is InChI=1S/C22H25N3O2/c1-22(2,3)20-14-25(21(26)27)9-8-17-11-15(5-7-19(17)20)10-16-4-6-18(12-23)24-13-16/h4-7,11,13,20H,8-10,14H2,1-3H3,(H,26,27). The lowest BCUT2D eigenvalue weighted by molar-refractivity contribution is 0.135. The SMILES string of the molecule is CC(C)(C)C1CN(C(=O)O)CCc2cc(Cc3ccc(C#N)nc3)ccc21.